The lowest BCUT2D eigenvalue weighted by Gasteiger charge is -2.15. The number of aromatic carboxylic acids is 1. The highest BCUT2D eigenvalue weighted by molar-refractivity contribution is 5.87. The minimum atomic E-state index is -0.879. The molecule has 4 aromatic rings. The number of hydrogen-bond donors (Lipinski definition) is 4. The van der Waals surface area contributed by atoms with Gasteiger partial charge in [0.2, 0.25) is 0 Å². The average Bonchev–Trinajstić information content (AvgIpc) is 3.39. The molecule has 0 amide bonds. The number of fused-ring (bicyclic) bond motifs is 1. The first kappa shape index (κ1) is 27.6. The molecule has 1 unspecified atom stereocenters. The second kappa shape index (κ2) is 13.9. The molecule has 1 atom stereocenters. The molecular weight excluding hydrogens is 472 g/mol. The van der Waals surface area contributed by atoms with Gasteiger partial charge in [-0.3, -0.25) is 0 Å². The van der Waals surface area contributed by atoms with Gasteiger partial charge in [-0.2, -0.15) is 0 Å². The number of rotatable bonds is 11. The molecular formula is C29H34N2O6. The number of aliphatic hydroxyl groups is 1. The van der Waals surface area contributed by atoms with Crippen LogP contribution in [-0.4, -0.2) is 61.2 Å². The number of aromatic amines is 1. The SMILES string of the molecule is COc1ccc(CCNCC(O)COc2cc(C)cc3[nH]ccc23)cc1OC.O=C(O)c1ccccc1. The van der Waals surface area contributed by atoms with Crippen molar-refractivity contribution in [2.24, 2.45) is 0 Å². The third kappa shape index (κ3) is 8.27. The number of aliphatic hydroxyl groups excluding tert-OH is 1. The van der Waals surface area contributed by atoms with Gasteiger partial charge in [-0.15, -0.1) is 0 Å². The first-order chi connectivity index (χ1) is 17.9. The molecule has 3 aromatic carbocycles. The van der Waals surface area contributed by atoms with Crippen LogP contribution in [0.5, 0.6) is 17.2 Å². The number of benzene rings is 3. The van der Waals surface area contributed by atoms with Crippen molar-refractivity contribution < 1.29 is 29.2 Å². The topological polar surface area (TPSA) is 113 Å². The molecule has 196 valence electrons. The Morgan fingerprint density at radius 1 is 0.973 bits per heavy atom. The van der Waals surface area contributed by atoms with Crippen LogP contribution in [0.3, 0.4) is 0 Å². The van der Waals surface area contributed by atoms with Gasteiger partial charge < -0.3 is 34.7 Å². The molecule has 1 aromatic heterocycles. The lowest BCUT2D eigenvalue weighted by atomic mass is 10.1. The Labute approximate surface area is 216 Å². The summed E-state index contributed by atoms with van der Waals surface area (Å²) in [7, 11) is 3.26. The molecule has 0 spiro atoms. The van der Waals surface area contributed by atoms with Crippen molar-refractivity contribution in [1.82, 2.24) is 10.3 Å². The fraction of sp³-hybridized carbons (Fsp3) is 0.276. The molecule has 37 heavy (non-hydrogen) atoms. The number of carboxylic acids is 1. The number of H-pyrrole nitrogens is 1. The summed E-state index contributed by atoms with van der Waals surface area (Å²) in [6, 6.07) is 20.2. The molecule has 0 fully saturated rings. The zero-order valence-electron chi connectivity index (χ0n) is 21.4. The van der Waals surface area contributed by atoms with E-state index in [9.17, 15) is 9.90 Å². The van der Waals surface area contributed by atoms with E-state index in [1.54, 1.807) is 44.6 Å². The van der Waals surface area contributed by atoms with E-state index >= 15 is 0 Å². The quantitative estimate of drug-likeness (QED) is 0.222. The van der Waals surface area contributed by atoms with E-state index in [-0.39, 0.29) is 6.61 Å². The summed E-state index contributed by atoms with van der Waals surface area (Å²) in [6.07, 6.45) is 2.14. The van der Waals surface area contributed by atoms with Crippen LogP contribution in [0.4, 0.5) is 0 Å². The molecule has 4 rings (SSSR count). The molecule has 0 radical (unpaired) electrons. The third-order valence-corrected chi connectivity index (χ3v) is 5.65. The normalized spacial score (nSPS) is 11.4. The molecule has 0 bridgehead atoms. The maximum absolute atomic E-state index is 10.2. The van der Waals surface area contributed by atoms with Crippen molar-refractivity contribution in [2.75, 3.05) is 33.9 Å². The summed E-state index contributed by atoms with van der Waals surface area (Å²) in [5, 5.41) is 22.9. The highest BCUT2D eigenvalue weighted by atomic mass is 16.5. The smallest absolute Gasteiger partial charge is 0.335 e. The lowest BCUT2D eigenvalue weighted by molar-refractivity contribution is 0.0697. The molecule has 0 aliphatic heterocycles. The summed E-state index contributed by atoms with van der Waals surface area (Å²) in [5.74, 6) is 1.36. The zero-order valence-corrected chi connectivity index (χ0v) is 21.4. The van der Waals surface area contributed by atoms with Gasteiger partial charge in [-0.05, 0) is 73.5 Å². The van der Waals surface area contributed by atoms with Crippen LogP contribution in [0.1, 0.15) is 21.5 Å². The largest absolute Gasteiger partial charge is 0.493 e. The number of nitrogens with one attached hydrogen (secondary N) is 2. The Balaban J connectivity index is 0.000000356. The maximum atomic E-state index is 10.2. The Bertz CT molecular complexity index is 1270. The van der Waals surface area contributed by atoms with Crippen LogP contribution in [0.2, 0.25) is 0 Å². The van der Waals surface area contributed by atoms with E-state index in [4.69, 9.17) is 19.3 Å². The minimum Gasteiger partial charge on any atom is -0.493 e. The average molecular weight is 507 g/mol. The van der Waals surface area contributed by atoms with Crippen LogP contribution in [0.25, 0.3) is 10.9 Å². The number of aryl methyl sites for hydroxylation is 1. The predicted molar refractivity (Wildman–Crippen MR) is 144 cm³/mol. The standard InChI is InChI=1S/C22H28N2O4.C7H6O2/c1-15-10-19-18(7-9-24-19)21(11-15)28-14-17(25)13-23-8-6-16-4-5-20(26-2)22(12-16)27-3;8-7(9)6-4-2-1-3-5-6/h4-5,7,9-12,17,23-25H,6,8,13-14H2,1-3H3;1-5H,(H,8,9). The Morgan fingerprint density at radius 2 is 1.73 bits per heavy atom. The molecule has 0 aliphatic rings. The fourth-order valence-electron chi connectivity index (χ4n) is 3.75. The number of ether oxygens (including phenoxy) is 3. The number of methoxy groups -OCH3 is 2. The molecule has 8 heteroatoms. The van der Waals surface area contributed by atoms with Crippen LogP contribution in [0.15, 0.2) is 72.9 Å². The molecule has 0 aliphatic carbocycles. The van der Waals surface area contributed by atoms with Crippen molar-refractivity contribution in [1.29, 1.82) is 0 Å². The van der Waals surface area contributed by atoms with E-state index in [0.29, 0.717) is 12.1 Å². The number of carbonyl (C=O) groups is 1. The van der Waals surface area contributed by atoms with Gasteiger partial charge in [0.15, 0.2) is 11.5 Å². The highest BCUT2D eigenvalue weighted by Crippen LogP contribution is 2.28. The molecule has 1 heterocycles. The second-order valence-electron chi connectivity index (χ2n) is 8.48. The summed E-state index contributed by atoms with van der Waals surface area (Å²) in [4.78, 5) is 13.4. The van der Waals surface area contributed by atoms with Crippen molar-refractivity contribution in [2.45, 2.75) is 19.4 Å². The van der Waals surface area contributed by atoms with Crippen LogP contribution in [-0.2, 0) is 6.42 Å². The summed E-state index contributed by atoms with van der Waals surface area (Å²) in [5.41, 5.74) is 3.63. The van der Waals surface area contributed by atoms with Crippen molar-refractivity contribution >= 4 is 16.9 Å². The molecule has 4 N–H and O–H groups in total. The van der Waals surface area contributed by atoms with Gasteiger partial charge in [-0.1, -0.05) is 24.3 Å². The van der Waals surface area contributed by atoms with E-state index in [2.05, 4.69) is 16.4 Å². The number of carboxylic acid groups (broad SMARTS) is 1. The zero-order chi connectivity index (χ0) is 26.6. The van der Waals surface area contributed by atoms with Gasteiger partial charge in [-0.25, -0.2) is 4.79 Å². The molecule has 0 saturated heterocycles. The number of hydrogen-bond acceptors (Lipinski definition) is 6. The van der Waals surface area contributed by atoms with E-state index < -0.39 is 12.1 Å². The summed E-state index contributed by atoms with van der Waals surface area (Å²) in [6.45, 7) is 3.49. The Kier molecular flexibility index (Phi) is 10.4. The number of aromatic nitrogens is 1. The van der Waals surface area contributed by atoms with Gasteiger partial charge in [0.1, 0.15) is 18.5 Å². The fourth-order valence-corrected chi connectivity index (χ4v) is 3.75. The van der Waals surface area contributed by atoms with Crippen molar-refractivity contribution in [3.8, 4) is 17.2 Å². The van der Waals surface area contributed by atoms with Crippen molar-refractivity contribution in [3.63, 3.8) is 0 Å². The van der Waals surface area contributed by atoms with Crippen LogP contribution >= 0.6 is 0 Å². The summed E-state index contributed by atoms with van der Waals surface area (Å²) >= 11 is 0. The minimum absolute atomic E-state index is 0.243. The Hall–Kier alpha value is -4.01. The van der Waals surface area contributed by atoms with Crippen molar-refractivity contribution in [3.05, 3.63) is 89.6 Å². The van der Waals surface area contributed by atoms with E-state index in [1.807, 2.05) is 43.5 Å². The lowest BCUT2D eigenvalue weighted by Crippen LogP contribution is -2.32. The maximum Gasteiger partial charge on any atom is 0.335 e. The van der Waals surface area contributed by atoms with Gasteiger partial charge in [0.25, 0.3) is 0 Å². The van der Waals surface area contributed by atoms with Gasteiger partial charge in [0, 0.05) is 23.6 Å². The van der Waals surface area contributed by atoms with Gasteiger partial charge >= 0.3 is 5.97 Å². The third-order valence-electron chi connectivity index (χ3n) is 5.65. The van der Waals surface area contributed by atoms with Gasteiger partial charge in [0.05, 0.1) is 19.8 Å². The first-order valence-electron chi connectivity index (χ1n) is 12.0. The van der Waals surface area contributed by atoms with Crippen LogP contribution < -0.4 is 19.5 Å². The predicted octanol–water partition coefficient (Wildman–Crippen LogP) is 4.45. The van der Waals surface area contributed by atoms with E-state index in [1.165, 1.54) is 0 Å². The Morgan fingerprint density at radius 3 is 2.41 bits per heavy atom. The van der Waals surface area contributed by atoms with Crippen LogP contribution in [0, 0.1) is 6.92 Å². The second-order valence-corrected chi connectivity index (χ2v) is 8.48. The summed E-state index contributed by atoms with van der Waals surface area (Å²) < 4.78 is 16.4. The highest BCUT2D eigenvalue weighted by Gasteiger charge is 2.09. The molecule has 0 saturated carbocycles. The monoisotopic (exact) mass is 506 g/mol. The van der Waals surface area contributed by atoms with E-state index in [0.717, 1.165) is 52.2 Å². The molecule has 8 nitrogen and oxygen atoms in total. The first-order valence-corrected chi connectivity index (χ1v) is 12.0.